The number of benzene rings is 1. The molecule has 1 aliphatic carbocycles. The van der Waals surface area contributed by atoms with E-state index in [9.17, 15) is 0 Å². The average molecular weight is 221 g/mol. The van der Waals surface area contributed by atoms with E-state index in [1.165, 1.54) is 6.42 Å². The second kappa shape index (κ2) is 5.32. The van der Waals surface area contributed by atoms with Gasteiger partial charge in [0.2, 0.25) is 0 Å². The molecule has 2 atom stereocenters. The monoisotopic (exact) mass is 221 g/mol. The first-order valence-corrected chi connectivity index (χ1v) is 5.79. The van der Waals surface area contributed by atoms with Crippen LogP contribution < -0.4 is 10.5 Å². The molecule has 0 amide bonds. The summed E-state index contributed by atoms with van der Waals surface area (Å²) in [5, 5.41) is 0. The van der Waals surface area contributed by atoms with E-state index in [0.29, 0.717) is 6.61 Å². The molecule has 1 aliphatic rings. The molecular formula is C13H19NO2. The third kappa shape index (κ3) is 2.74. The number of hydrogen-bond acceptors (Lipinski definition) is 3. The van der Waals surface area contributed by atoms with Crippen molar-refractivity contribution in [2.24, 2.45) is 5.73 Å². The molecule has 2 N–H and O–H groups in total. The van der Waals surface area contributed by atoms with Gasteiger partial charge in [-0.15, -0.1) is 0 Å². The maximum atomic E-state index is 5.97. The molecule has 1 saturated carbocycles. The van der Waals surface area contributed by atoms with Crippen molar-refractivity contribution in [1.29, 1.82) is 0 Å². The Balaban J connectivity index is 2.00. The second-order valence-electron chi connectivity index (χ2n) is 4.33. The van der Waals surface area contributed by atoms with Crippen LogP contribution in [0.1, 0.15) is 24.8 Å². The van der Waals surface area contributed by atoms with E-state index in [0.717, 1.165) is 24.2 Å². The van der Waals surface area contributed by atoms with Crippen LogP contribution in [0.2, 0.25) is 0 Å². The molecule has 0 bridgehead atoms. The first kappa shape index (κ1) is 11.4. The lowest BCUT2D eigenvalue weighted by Crippen LogP contribution is -2.33. The summed E-state index contributed by atoms with van der Waals surface area (Å²) in [4.78, 5) is 0. The molecule has 2 unspecified atom stereocenters. The molecule has 1 aromatic carbocycles. The van der Waals surface area contributed by atoms with Crippen molar-refractivity contribution in [2.45, 2.75) is 38.0 Å². The maximum absolute atomic E-state index is 5.97. The third-order valence-electron chi connectivity index (χ3n) is 3.00. The fourth-order valence-corrected chi connectivity index (χ4v) is 2.15. The molecule has 2 rings (SSSR count). The van der Waals surface area contributed by atoms with Gasteiger partial charge in [-0.2, -0.15) is 0 Å². The Labute approximate surface area is 96.5 Å². The van der Waals surface area contributed by atoms with Crippen molar-refractivity contribution in [1.82, 2.24) is 0 Å². The highest BCUT2D eigenvalue weighted by Gasteiger charge is 2.25. The number of rotatable bonds is 4. The summed E-state index contributed by atoms with van der Waals surface area (Å²) >= 11 is 0. The molecule has 0 radical (unpaired) electrons. The highest BCUT2D eigenvalue weighted by atomic mass is 16.5. The molecule has 0 saturated heterocycles. The quantitative estimate of drug-likeness (QED) is 0.846. The largest absolute Gasteiger partial charge is 0.489 e. The van der Waals surface area contributed by atoms with Crippen LogP contribution in [0.15, 0.2) is 24.3 Å². The Morgan fingerprint density at radius 1 is 1.38 bits per heavy atom. The smallest absolute Gasteiger partial charge is 0.120 e. The van der Waals surface area contributed by atoms with E-state index in [4.69, 9.17) is 15.2 Å². The third-order valence-corrected chi connectivity index (χ3v) is 3.00. The zero-order chi connectivity index (χ0) is 11.4. The number of nitrogens with two attached hydrogens (primary N) is 1. The highest BCUT2D eigenvalue weighted by Crippen LogP contribution is 2.24. The van der Waals surface area contributed by atoms with Crippen molar-refractivity contribution in [3.05, 3.63) is 29.8 Å². The summed E-state index contributed by atoms with van der Waals surface area (Å²) in [7, 11) is 1.69. The highest BCUT2D eigenvalue weighted by molar-refractivity contribution is 5.28. The minimum atomic E-state index is 0.179. The van der Waals surface area contributed by atoms with Gasteiger partial charge in [-0.3, -0.25) is 0 Å². The van der Waals surface area contributed by atoms with Gasteiger partial charge in [-0.05, 0) is 37.0 Å². The minimum Gasteiger partial charge on any atom is -0.489 e. The zero-order valence-electron chi connectivity index (χ0n) is 9.69. The molecule has 16 heavy (non-hydrogen) atoms. The molecule has 0 aromatic heterocycles. The molecule has 3 nitrogen and oxygen atoms in total. The minimum absolute atomic E-state index is 0.179. The van der Waals surface area contributed by atoms with Gasteiger partial charge < -0.3 is 15.2 Å². The summed E-state index contributed by atoms with van der Waals surface area (Å²) in [6.07, 6.45) is 3.49. The van der Waals surface area contributed by atoms with E-state index >= 15 is 0 Å². The van der Waals surface area contributed by atoms with E-state index < -0.39 is 0 Å². The normalized spacial score (nSPS) is 24.6. The van der Waals surface area contributed by atoms with Gasteiger partial charge in [-0.1, -0.05) is 12.1 Å². The SMILES string of the molecule is COCc1cccc(OC2CCCC2N)c1. The lowest BCUT2D eigenvalue weighted by molar-refractivity contribution is 0.180. The summed E-state index contributed by atoms with van der Waals surface area (Å²) in [6.45, 7) is 0.619. The average Bonchev–Trinajstić information content (AvgIpc) is 2.66. The van der Waals surface area contributed by atoms with Gasteiger partial charge in [0, 0.05) is 13.2 Å². The Hall–Kier alpha value is -1.06. The molecule has 1 fully saturated rings. The van der Waals surface area contributed by atoms with Crippen LogP contribution >= 0.6 is 0 Å². The molecule has 1 aromatic rings. The standard InChI is InChI=1S/C13H19NO2/c1-15-9-10-4-2-5-11(8-10)16-13-7-3-6-12(13)14/h2,4-5,8,12-13H,3,6-7,9,14H2,1H3. The van der Waals surface area contributed by atoms with Crippen LogP contribution in [0.5, 0.6) is 5.75 Å². The Morgan fingerprint density at radius 2 is 2.25 bits per heavy atom. The van der Waals surface area contributed by atoms with Crippen molar-refractivity contribution in [3.63, 3.8) is 0 Å². The van der Waals surface area contributed by atoms with Crippen molar-refractivity contribution >= 4 is 0 Å². The van der Waals surface area contributed by atoms with E-state index in [-0.39, 0.29) is 12.1 Å². The van der Waals surface area contributed by atoms with Gasteiger partial charge in [0.1, 0.15) is 11.9 Å². The zero-order valence-corrected chi connectivity index (χ0v) is 9.69. The van der Waals surface area contributed by atoms with E-state index in [1.807, 2.05) is 24.3 Å². The number of hydrogen-bond donors (Lipinski definition) is 1. The van der Waals surface area contributed by atoms with Gasteiger partial charge in [0.05, 0.1) is 6.61 Å². The lowest BCUT2D eigenvalue weighted by atomic mass is 10.2. The van der Waals surface area contributed by atoms with E-state index in [1.54, 1.807) is 7.11 Å². The van der Waals surface area contributed by atoms with Gasteiger partial charge in [0.25, 0.3) is 0 Å². The fourth-order valence-electron chi connectivity index (χ4n) is 2.15. The van der Waals surface area contributed by atoms with Crippen LogP contribution in [0, 0.1) is 0 Å². The predicted molar refractivity (Wildman–Crippen MR) is 63.4 cm³/mol. The van der Waals surface area contributed by atoms with Crippen LogP contribution in [-0.2, 0) is 11.3 Å². The summed E-state index contributed by atoms with van der Waals surface area (Å²) in [6, 6.07) is 8.21. The molecular weight excluding hydrogens is 202 g/mol. The first-order chi connectivity index (χ1) is 7.79. The molecule has 0 aliphatic heterocycles. The first-order valence-electron chi connectivity index (χ1n) is 5.79. The van der Waals surface area contributed by atoms with E-state index in [2.05, 4.69) is 0 Å². The second-order valence-corrected chi connectivity index (χ2v) is 4.33. The van der Waals surface area contributed by atoms with Crippen LogP contribution in [0.25, 0.3) is 0 Å². The van der Waals surface area contributed by atoms with Crippen molar-refractivity contribution < 1.29 is 9.47 Å². The Kier molecular flexibility index (Phi) is 3.80. The van der Waals surface area contributed by atoms with Crippen LogP contribution in [0.3, 0.4) is 0 Å². The lowest BCUT2D eigenvalue weighted by Gasteiger charge is -2.18. The summed E-state index contributed by atoms with van der Waals surface area (Å²) in [5.74, 6) is 0.900. The Bertz CT molecular complexity index is 340. The predicted octanol–water partition coefficient (Wildman–Crippen LogP) is 2.09. The molecule has 3 heteroatoms. The topological polar surface area (TPSA) is 44.5 Å². The van der Waals surface area contributed by atoms with Gasteiger partial charge in [-0.25, -0.2) is 0 Å². The maximum Gasteiger partial charge on any atom is 0.120 e. The molecule has 0 spiro atoms. The van der Waals surface area contributed by atoms with Crippen LogP contribution in [0.4, 0.5) is 0 Å². The molecule has 88 valence electrons. The van der Waals surface area contributed by atoms with Gasteiger partial charge >= 0.3 is 0 Å². The molecule has 0 heterocycles. The number of ether oxygens (including phenoxy) is 2. The summed E-state index contributed by atoms with van der Waals surface area (Å²) < 4.78 is 11.0. The van der Waals surface area contributed by atoms with Crippen molar-refractivity contribution in [3.8, 4) is 5.75 Å². The summed E-state index contributed by atoms with van der Waals surface area (Å²) in [5.41, 5.74) is 7.10. The number of methoxy groups -OCH3 is 1. The Morgan fingerprint density at radius 3 is 2.94 bits per heavy atom. The van der Waals surface area contributed by atoms with Crippen LogP contribution in [-0.4, -0.2) is 19.3 Å². The van der Waals surface area contributed by atoms with Gasteiger partial charge in [0.15, 0.2) is 0 Å². The van der Waals surface area contributed by atoms with Crippen molar-refractivity contribution in [2.75, 3.05) is 7.11 Å². The fraction of sp³-hybridized carbons (Fsp3) is 0.538.